The van der Waals surface area contributed by atoms with E-state index in [2.05, 4.69) is 30.9 Å². The van der Waals surface area contributed by atoms with E-state index in [1.165, 1.54) is 0 Å². The van der Waals surface area contributed by atoms with E-state index in [-0.39, 0.29) is 0 Å². The van der Waals surface area contributed by atoms with Crippen molar-refractivity contribution in [1.29, 1.82) is 0 Å². The van der Waals surface area contributed by atoms with Gasteiger partial charge in [-0.1, -0.05) is 24.3 Å². The van der Waals surface area contributed by atoms with Crippen LogP contribution in [-0.2, 0) is 0 Å². The van der Waals surface area contributed by atoms with Crippen molar-refractivity contribution in [3.63, 3.8) is 0 Å². The molecule has 0 bridgehead atoms. The van der Waals surface area contributed by atoms with Crippen molar-refractivity contribution in [2.75, 3.05) is 0 Å². The summed E-state index contributed by atoms with van der Waals surface area (Å²) in [6, 6.07) is 0. The number of hydrogen-bond acceptors (Lipinski definition) is 0. The molecule has 0 saturated heterocycles. The van der Waals surface area contributed by atoms with Crippen LogP contribution in [0.15, 0.2) is 36.6 Å². The highest BCUT2D eigenvalue weighted by molar-refractivity contribution is 6.45. The molecule has 0 amide bonds. The fraction of sp³-hybridized carbons (Fsp3) is 0.143. The molecular weight excluding hydrogens is 112 g/mol. The van der Waals surface area contributed by atoms with Crippen molar-refractivity contribution in [2.24, 2.45) is 0 Å². The van der Waals surface area contributed by atoms with Crippen molar-refractivity contribution < 1.29 is 0 Å². The van der Waals surface area contributed by atoms with E-state index in [1.54, 1.807) is 0 Å². The van der Waals surface area contributed by atoms with Crippen molar-refractivity contribution in [1.82, 2.24) is 0 Å². The van der Waals surface area contributed by atoms with E-state index in [0.717, 1.165) is 9.52 Å². The normalized spacial score (nSPS) is 17.5. The summed E-state index contributed by atoms with van der Waals surface area (Å²) in [7, 11) is 0.859. The van der Waals surface area contributed by atoms with Crippen molar-refractivity contribution in [2.45, 2.75) is 5.54 Å². The third-order valence-electron chi connectivity index (χ3n) is 1.06. The first-order chi connectivity index (χ1) is 3.93. The van der Waals surface area contributed by atoms with Gasteiger partial charge in [0.15, 0.2) is 0 Å². The Labute approximate surface area is 52.4 Å². The molecule has 0 saturated carbocycles. The Kier molecular flexibility index (Phi) is 1.86. The maximum atomic E-state index is 3.67. The van der Waals surface area contributed by atoms with Crippen LogP contribution >= 0.6 is 0 Å². The molecule has 1 aliphatic rings. The van der Waals surface area contributed by atoms with Crippen LogP contribution in [0, 0.1) is 0 Å². The second kappa shape index (κ2) is 2.67. The molecule has 8 heavy (non-hydrogen) atoms. The van der Waals surface area contributed by atoms with E-state index in [9.17, 15) is 0 Å². The maximum absolute atomic E-state index is 3.67. The average Bonchev–Trinajstić information content (AvgIpc) is 2.19. The second-order valence-corrected chi connectivity index (χ2v) is 3.07. The van der Waals surface area contributed by atoms with Crippen LogP contribution in [0.3, 0.4) is 0 Å². The quantitative estimate of drug-likeness (QED) is 0.487. The van der Waals surface area contributed by atoms with Gasteiger partial charge in [-0.3, -0.25) is 0 Å². The summed E-state index contributed by atoms with van der Waals surface area (Å²) in [6.45, 7) is 3.67. The minimum atomic E-state index is 0.660. The van der Waals surface area contributed by atoms with Gasteiger partial charge in [0.05, 0.1) is 9.52 Å². The molecule has 0 N–H and O–H groups in total. The third kappa shape index (κ3) is 1.20. The molecule has 2 radical (unpaired) electrons. The monoisotopic (exact) mass is 120 g/mol. The van der Waals surface area contributed by atoms with Crippen LogP contribution in [0.1, 0.15) is 0 Å². The fourth-order valence-electron chi connectivity index (χ4n) is 0.679. The van der Waals surface area contributed by atoms with Gasteiger partial charge >= 0.3 is 0 Å². The van der Waals surface area contributed by atoms with E-state index >= 15 is 0 Å². The van der Waals surface area contributed by atoms with E-state index in [4.69, 9.17) is 0 Å². The molecule has 0 unspecified atom stereocenters. The molecule has 0 aromatic heterocycles. The minimum absolute atomic E-state index is 0.660. The molecule has 1 aliphatic carbocycles. The Morgan fingerprint density at radius 1 is 1.38 bits per heavy atom. The molecule has 0 aromatic rings. The topological polar surface area (TPSA) is 0 Å². The summed E-state index contributed by atoms with van der Waals surface area (Å²) >= 11 is 0. The Morgan fingerprint density at radius 3 is 2.50 bits per heavy atom. The molecule has 0 aromatic carbocycles. The van der Waals surface area contributed by atoms with Gasteiger partial charge in [-0.15, -0.1) is 12.3 Å². The molecule has 40 valence electrons. The summed E-state index contributed by atoms with van der Waals surface area (Å²) in [5.41, 5.74) is 2.64. The Morgan fingerprint density at radius 2 is 2.00 bits per heavy atom. The molecule has 0 atom stereocenters. The molecule has 0 fully saturated rings. The van der Waals surface area contributed by atoms with E-state index in [0.29, 0.717) is 5.54 Å². The largest absolute Gasteiger partial charge is 0.107 e. The molecule has 0 heterocycles. The van der Waals surface area contributed by atoms with Gasteiger partial charge in [0.2, 0.25) is 0 Å². The summed E-state index contributed by atoms with van der Waals surface area (Å²) in [5, 5.41) is 0. The molecular formula is C7H8Si. The molecule has 0 aliphatic heterocycles. The highest BCUT2D eigenvalue weighted by atomic mass is 28.2. The van der Waals surface area contributed by atoms with Gasteiger partial charge in [0.1, 0.15) is 0 Å². The van der Waals surface area contributed by atoms with Crippen LogP contribution in [0.5, 0.6) is 0 Å². The first-order valence-electron chi connectivity index (χ1n) is 2.65. The van der Waals surface area contributed by atoms with Crippen molar-refractivity contribution in [3.05, 3.63) is 36.6 Å². The van der Waals surface area contributed by atoms with Crippen LogP contribution < -0.4 is 0 Å². The highest BCUT2D eigenvalue weighted by Gasteiger charge is 1.99. The van der Waals surface area contributed by atoms with Gasteiger partial charge in [-0.25, -0.2) is 0 Å². The standard InChI is InChI=1S/C7H8Si/c1-2-8-7-5-3-4-6-7/h2-7H,1H2. The second-order valence-electron chi connectivity index (χ2n) is 1.67. The number of allylic oxidation sites excluding steroid dienone is 4. The summed E-state index contributed by atoms with van der Waals surface area (Å²) in [6.07, 6.45) is 8.56. The van der Waals surface area contributed by atoms with E-state index in [1.807, 2.05) is 5.70 Å². The maximum Gasteiger partial charge on any atom is 0.0821 e. The fourth-order valence-corrected chi connectivity index (χ4v) is 1.40. The molecule has 0 spiro atoms. The van der Waals surface area contributed by atoms with Crippen molar-refractivity contribution >= 4 is 9.52 Å². The van der Waals surface area contributed by atoms with Gasteiger partial charge < -0.3 is 0 Å². The molecule has 1 rings (SSSR count). The van der Waals surface area contributed by atoms with Gasteiger partial charge in [0.25, 0.3) is 0 Å². The number of rotatable bonds is 2. The lowest BCUT2D eigenvalue weighted by atomic mass is 10.5. The lowest BCUT2D eigenvalue weighted by Crippen LogP contribution is -1.89. The predicted molar refractivity (Wildman–Crippen MR) is 38.0 cm³/mol. The zero-order valence-electron chi connectivity index (χ0n) is 4.67. The van der Waals surface area contributed by atoms with Gasteiger partial charge in [-0.05, 0) is 5.54 Å². The Balaban J connectivity index is 2.37. The zero-order chi connectivity index (χ0) is 5.82. The summed E-state index contributed by atoms with van der Waals surface area (Å²) in [5.74, 6) is 0. The molecule has 1 heteroatoms. The van der Waals surface area contributed by atoms with Crippen LogP contribution in [-0.4, -0.2) is 9.52 Å². The molecule has 0 nitrogen and oxygen atoms in total. The van der Waals surface area contributed by atoms with E-state index < -0.39 is 0 Å². The van der Waals surface area contributed by atoms with Gasteiger partial charge in [0, 0.05) is 0 Å². The smallest absolute Gasteiger partial charge is 0.0821 e. The lowest BCUT2D eigenvalue weighted by Gasteiger charge is -1.93. The highest BCUT2D eigenvalue weighted by Crippen LogP contribution is 2.12. The summed E-state index contributed by atoms with van der Waals surface area (Å²) in [4.78, 5) is 0. The van der Waals surface area contributed by atoms with Gasteiger partial charge in [-0.2, -0.15) is 0 Å². The average molecular weight is 120 g/mol. The lowest BCUT2D eigenvalue weighted by molar-refractivity contribution is 1.40. The number of hydrogen-bond donors (Lipinski definition) is 0. The Hall–Kier alpha value is -0.563. The Bertz CT molecular complexity index is 121. The van der Waals surface area contributed by atoms with Crippen molar-refractivity contribution in [3.8, 4) is 0 Å². The zero-order valence-corrected chi connectivity index (χ0v) is 5.67. The predicted octanol–water partition coefficient (Wildman–Crippen LogP) is 1.75. The van der Waals surface area contributed by atoms with Crippen LogP contribution in [0.4, 0.5) is 0 Å². The SMILES string of the molecule is C=C[Si]C1C=CC=C1. The summed E-state index contributed by atoms with van der Waals surface area (Å²) < 4.78 is 0. The van der Waals surface area contributed by atoms with Crippen LogP contribution in [0.2, 0.25) is 5.54 Å². The van der Waals surface area contributed by atoms with Crippen LogP contribution in [0.25, 0.3) is 0 Å². The first kappa shape index (κ1) is 5.57. The third-order valence-corrected chi connectivity index (χ3v) is 2.06. The minimum Gasteiger partial charge on any atom is -0.107 e. The first-order valence-corrected chi connectivity index (χ1v) is 3.81.